The van der Waals surface area contributed by atoms with Gasteiger partial charge in [-0.05, 0) is 23.6 Å². The van der Waals surface area contributed by atoms with Crippen LogP contribution in [0.4, 0.5) is 0 Å². The van der Waals surface area contributed by atoms with Crippen LogP contribution in [0.1, 0.15) is 31.0 Å². The van der Waals surface area contributed by atoms with Gasteiger partial charge in [-0.25, -0.2) is 8.42 Å². The molecule has 0 spiro atoms. The minimum Gasteiger partial charge on any atom is -0.492 e. The number of rotatable bonds is 8. The average molecular weight is 450 g/mol. The predicted molar refractivity (Wildman–Crippen MR) is 120 cm³/mol. The standard InChI is InChI=1S/C21H31N5O4S/c1-17(2)18-4-6-20(7-5-18)29-15-9-23-21(22-3)25-10-12-26(13-11-25)31(27,28)16-19-8-14-30-24-19/h4-8,14,17H,9-13,15-16H2,1-3H3,(H,22,23). The van der Waals surface area contributed by atoms with Crippen molar-refractivity contribution in [1.82, 2.24) is 19.7 Å². The molecule has 10 heteroatoms. The topological polar surface area (TPSA) is 100 Å². The zero-order valence-corrected chi connectivity index (χ0v) is 19.1. The third-order valence-electron chi connectivity index (χ3n) is 5.17. The van der Waals surface area contributed by atoms with Crippen molar-refractivity contribution in [3.05, 3.63) is 47.9 Å². The lowest BCUT2D eigenvalue weighted by molar-refractivity contribution is 0.257. The summed E-state index contributed by atoms with van der Waals surface area (Å²) in [5, 5.41) is 6.99. The first-order chi connectivity index (χ1) is 14.9. The molecular weight excluding hydrogens is 418 g/mol. The molecule has 1 aliphatic rings. The second-order valence-corrected chi connectivity index (χ2v) is 9.65. The smallest absolute Gasteiger partial charge is 0.220 e. The summed E-state index contributed by atoms with van der Waals surface area (Å²) < 4.78 is 37.2. The Hall–Kier alpha value is -2.59. The number of piperazine rings is 1. The zero-order chi connectivity index (χ0) is 22.3. The van der Waals surface area contributed by atoms with Crippen molar-refractivity contribution < 1.29 is 17.7 Å². The van der Waals surface area contributed by atoms with Crippen LogP contribution in [-0.2, 0) is 15.8 Å². The summed E-state index contributed by atoms with van der Waals surface area (Å²) >= 11 is 0. The molecule has 0 radical (unpaired) electrons. The Morgan fingerprint density at radius 1 is 1.19 bits per heavy atom. The largest absolute Gasteiger partial charge is 0.492 e. The molecule has 31 heavy (non-hydrogen) atoms. The van der Waals surface area contributed by atoms with Crippen molar-refractivity contribution in [2.75, 3.05) is 46.4 Å². The van der Waals surface area contributed by atoms with Crippen molar-refractivity contribution in [3.63, 3.8) is 0 Å². The Morgan fingerprint density at radius 3 is 2.48 bits per heavy atom. The van der Waals surface area contributed by atoms with Gasteiger partial charge in [0, 0.05) is 39.3 Å². The van der Waals surface area contributed by atoms with Gasteiger partial charge in [0.05, 0.1) is 12.2 Å². The molecule has 1 aromatic carbocycles. The van der Waals surface area contributed by atoms with Crippen molar-refractivity contribution >= 4 is 16.0 Å². The molecule has 1 aliphatic heterocycles. The quantitative estimate of drug-likeness (QED) is 0.373. The maximum absolute atomic E-state index is 12.6. The van der Waals surface area contributed by atoms with E-state index in [-0.39, 0.29) is 5.75 Å². The number of aromatic nitrogens is 1. The van der Waals surface area contributed by atoms with E-state index in [1.807, 2.05) is 12.1 Å². The van der Waals surface area contributed by atoms with E-state index in [1.165, 1.54) is 16.1 Å². The minimum absolute atomic E-state index is 0.147. The number of ether oxygens (including phenoxy) is 1. The Morgan fingerprint density at radius 2 is 1.90 bits per heavy atom. The molecule has 1 aromatic heterocycles. The van der Waals surface area contributed by atoms with E-state index in [9.17, 15) is 8.42 Å². The summed E-state index contributed by atoms with van der Waals surface area (Å²) in [6.45, 7) is 7.37. The summed E-state index contributed by atoms with van der Waals surface area (Å²) in [6.07, 6.45) is 1.38. The summed E-state index contributed by atoms with van der Waals surface area (Å²) in [4.78, 5) is 6.38. The van der Waals surface area contributed by atoms with Crippen LogP contribution in [0, 0.1) is 0 Å². The fraction of sp³-hybridized carbons (Fsp3) is 0.524. The molecule has 0 atom stereocenters. The predicted octanol–water partition coefficient (Wildman–Crippen LogP) is 1.90. The van der Waals surface area contributed by atoms with Gasteiger partial charge in [-0.3, -0.25) is 4.99 Å². The minimum atomic E-state index is -3.42. The number of guanidine groups is 1. The normalized spacial score (nSPS) is 16.0. The first kappa shape index (κ1) is 23.1. The molecule has 2 aromatic rings. The highest BCUT2D eigenvalue weighted by atomic mass is 32.2. The van der Waals surface area contributed by atoms with Crippen LogP contribution in [-0.4, -0.2) is 75.1 Å². The Bertz CT molecular complexity index is 935. The summed E-state index contributed by atoms with van der Waals surface area (Å²) in [7, 11) is -1.69. The highest BCUT2D eigenvalue weighted by Crippen LogP contribution is 2.18. The number of hydrogen-bond acceptors (Lipinski definition) is 6. The number of sulfonamides is 1. The van der Waals surface area contributed by atoms with Gasteiger partial charge in [-0.15, -0.1) is 0 Å². The van der Waals surface area contributed by atoms with Gasteiger partial charge in [0.2, 0.25) is 10.0 Å². The molecule has 0 aliphatic carbocycles. The fourth-order valence-corrected chi connectivity index (χ4v) is 4.81. The highest BCUT2D eigenvalue weighted by molar-refractivity contribution is 7.88. The summed E-state index contributed by atoms with van der Waals surface area (Å²) in [5.41, 5.74) is 1.70. The van der Waals surface area contributed by atoms with E-state index in [0.29, 0.717) is 50.9 Å². The number of nitrogens with one attached hydrogen (secondary N) is 1. The van der Waals surface area contributed by atoms with Crippen LogP contribution < -0.4 is 10.1 Å². The van der Waals surface area contributed by atoms with E-state index in [4.69, 9.17) is 9.26 Å². The van der Waals surface area contributed by atoms with Gasteiger partial charge < -0.3 is 19.5 Å². The number of nitrogens with zero attached hydrogens (tertiary/aromatic N) is 4. The first-order valence-corrected chi connectivity index (χ1v) is 12.1. The Balaban J connectivity index is 1.41. The molecule has 2 heterocycles. The van der Waals surface area contributed by atoms with Crippen molar-refractivity contribution in [3.8, 4) is 5.75 Å². The third-order valence-corrected chi connectivity index (χ3v) is 6.98. The van der Waals surface area contributed by atoms with Crippen LogP contribution in [0.5, 0.6) is 5.75 Å². The van der Waals surface area contributed by atoms with E-state index >= 15 is 0 Å². The average Bonchev–Trinajstić information content (AvgIpc) is 3.26. The van der Waals surface area contributed by atoms with Crippen LogP contribution >= 0.6 is 0 Å². The van der Waals surface area contributed by atoms with Crippen LogP contribution in [0.3, 0.4) is 0 Å². The van der Waals surface area contributed by atoms with Crippen LogP contribution in [0.25, 0.3) is 0 Å². The number of hydrogen-bond donors (Lipinski definition) is 1. The Labute approximate surface area is 184 Å². The van der Waals surface area contributed by atoms with Gasteiger partial charge in [-0.1, -0.05) is 31.1 Å². The molecule has 1 N–H and O–H groups in total. The molecule has 9 nitrogen and oxygen atoms in total. The fourth-order valence-electron chi connectivity index (χ4n) is 3.38. The van der Waals surface area contributed by atoms with Gasteiger partial charge in [-0.2, -0.15) is 4.31 Å². The maximum atomic E-state index is 12.6. The van der Waals surface area contributed by atoms with Crippen LogP contribution in [0.2, 0.25) is 0 Å². The molecule has 170 valence electrons. The lowest BCUT2D eigenvalue weighted by Gasteiger charge is -2.35. The lowest BCUT2D eigenvalue weighted by atomic mass is 10.0. The maximum Gasteiger partial charge on any atom is 0.220 e. The lowest BCUT2D eigenvalue weighted by Crippen LogP contribution is -2.54. The molecular formula is C21H31N5O4S. The Kier molecular flexibility index (Phi) is 7.91. The third kappa shape index (κ3) is 6.44. The number of benzene rings is 1. The van der Waals surface area contributed by atoms with E-state index in [1.54, 1.807) is 13.1 Å². The second kappa shape index (κ2) is 10.6. The molecule has 1 fully saturated rings. The molecule has 0 saturated carbocycles. The summed E-state index contributed by atoms with van der Waals surface area (Å²) in [6, 6.07) is 9.72. The second-order valence-electron chi connectivity index (χ2n) is 7.68. The molecule has 0 bridgehead atoms. The van der Waals surface area contributed by atoms with Crippen LogP contribution in [0.15, 0.2) is 46.1 Å². The van der Waals surface area contributed by atoms with Gasteiger partial charge >= 0.3 is 0 Å². The van der Waals surface area contributed by atoms with Crippen molar-refractivity contribution in [2.24, 2.45) is 4.99 Å². The monoisotopic (exact) mass is 449 g/mol. The van der Waals surface area contributed by atoms with Gasteiger partial charge in [0.15, 0.2) is 5.96 Å². The molecule has 1 saturated heterocycles. The summed E-state index contributed by atoms with van der Waals surface area (Å²) in [5.74, 6) is 1.93. The zero-order valence-electron chi connectivity index (χ0n) is 18.3. The first-order valence-electron chi connectivity index (χ1n) is 10.4. The SMILES string of the molecule is CN=C(NCCOc1ccc(C(C)C)cc1)N1CCN(S(=O)(=O)Cc2ccon2)CC1. The van der Waals surface area contributed by atoms with E-state index < -0.39 is 10.0 Å². The van der Waals surface area contributed by atoms with Gasteiger partial charge in [0.1, 0.15) is 24.4 Å². The molecule has 0 amide bonds. The molecule has 3 rings (SSSR count). The number of aliphatic imine (C=N–C) groups is 1. The van der Waals surface area contributed by atoms with E-state index in [2.05, 4.69) is 46.3 Å². The van der Waals surface area contributed by atoms with E-state index in [0.717, 1.165) is 11.7 Å². The van der Waals surface area contributed by atoms with Crippen molar-refractivity contribution in [1.29, 1.82) is 0 Å². The van der Waals surface area contributed by atoms with Gasteiger partial charge in [0.25, 0.3) is 0 Å². The highest BCUT2D eigenvalue weighted by Gasteiger charge is 2.28. The van der Waals surface area contributed by atoms with Crippen molar-refractivity contribution in [2.45, 2.75) is 25.5 Å². The molecule has 0 unspecified atom stereocenters.